The Morgan fingerprint density at radius 2 is 1.62 bits per heavy atom. The van der Waals surface area contributed by atoms with E-state index in [0.29, 0.717) is 5.00 Å². The van der Waals surface area contributed by atoms with Gasteiger partial charge in [0.05, 0.1) is 5.56 Å². The van der Waals surface area contributed by atoms with E-state index in [1.54, 1.807) is 6.07 Å². The first-order valence-corrected chi connectivity index (χ1v) is 7.19. The monoisotopic (exact) mass is 303 g/mol. The van der Waals surface area contributed by atoms with Gasteiger partial charge in [0.25, 0.3) is 5.91 Å². The summed E-state index contributed by atoms with van der Waals surface area (Å²) >= 11 is 1.29. The maximum absolute atomic E-state index is 11.5. The summed E-state index contributed by atoms with van der Waals surface area (Å²) in [5, 5.41) is 2.83. The molecule has 3 amide bonds. The number of nitrogens with one attached hydrogen (secondary N) is 1. The highest BCUT2D eigenvalue weighted by atomic mass is 32.1. The molecule has 0 aliphatic carbocycles. The summed E-state index contributed by atoms with van der Waals surface area (Å²) in [6.45, 7) is 6.06. The number of benzene rings is 1. The second-order valence-electron chi connectivity index (χ2n) is 4.98. The van der Waals surface area contributed by atoms with Crippen molar-refractivity contribution < 1.29 is 9.59 Å². The van der Waals surface area contributed by atoms with Crippen LogP contribution in [0.4, 0.5) is 9.80 Å². The predicted octanol–water partition coefficient (Wildman–Crippen LogP) is 2.93. The van der Waals surface area contributed by atoms with Crippen LogP contribution in [0.1, 0.15) is 27.0 Å². The summed E-state index contributed by atoms with van der Waals surface area (Å²) in [7, 11) is 0. The lowest BCUT2D eigenvalue weighted by molar-refractivity contribution is 0.100. The topological polar surface area (TPSA) is 98.2 Å². The van der Waals surface area contributed by atoms with Gasteiger partial charge in [0, 0.05) is 4.88 Å². The van der Waals surface area contributed by atoms with Crippen LogP contribution in [0.15, 0.2) is 18.2 Å². The first-order valence-electron chi connectivity index (χ1n) is 6.38. The number of thiophene rings is 1. The van der Waals surface area contributed by atoms with Gasteiger partial charge in [-0.2, -0.15) is 0 Å². The van der Waals surface area contributed by atoms with E-state index >= 15 is 0 Å². The average Bonchev–Trinajstić information content (AvgIpc) is 2.70. The Balaban J connectivity index is 2.60. The van der Waals surface area contributed by atoms with Gasteiger partial charge in [-0.1, -0.05) is 17.7 Å². The van der Waals surface area contributed by atoms with Crippen LogP contribution in [0, 0.1) is 20.8 Å². The summed E-state index contributed by atoms with van der Waals surface area (Å²) < 4.78 is 0. The Bertz CT molecular complexity index is 712. The van der Waals surface area contributed by atoms with E-state index in [1.165, 1.54) is 16.9 Å². The first-order chi connectivity index (χ1) is 9.79. The fourth-order valence-corrected chi connectivity index (χ4v) is 3.71. The van der Waals surface area contributed by atoms with Crippen molar-refractivity contribution in [2.75, 3.05) is 5.32 Å². The Hall–Kier alpha value is -2.34. The quantitative estimate of drug-likeness (QED) is 0.812. The molecule has 0 fully saturated rings. The number of anilines is 1. The lowest BCUT2D eigenvalue weighted by Gasteiger charge is -2.09. The van der Waals surface area contributed by atoms with Crippen molar-refractivity contribution in [2.45, 2.75) is 20.8 Å². The molecule has 0 saturated carbocycles. The van der Waals surface area contributed by atoms with Crippen molar-refractivity contribution in [1.82, 2.24) is 0 Å². The standard InChI is InChI=1S/C15H17N3O2S/c1-7-4-8(2)12(9(3)5-7)11-6-10(13(16)19)14(21-11)18-15(17)20/h4-6H,1-3H3,(H2,16,19)(H3,17,18,20). The van der Waals surface area contributed by atoms with E-state index in [4.69, 9.17) is 11.5 Å². The third-order valence-corrected chi connectivity index (χ3v) is 4.23. The van der Waals surface area contributed by atoms with E-state index in [0.717, 1.165) is 21.6 Å². The van der Waals surface area contributed by atoms with Crippen LogP contribution in [-0.4, -0.2) is 11.9 Å². The molecular weight excluding hydrogens is 286 g/mol. The second kappa shape index (κ2) is 5.57. The summed E-state index contributed by atoms with van der Waals surface area (Å²) in [6, 6.07) is 5.13. The minimum absolute atomic E-state index is 0.271. The molecule has 110 valence electrons. The minimum atomic E-state index is -0.719. The maximum atomic E-state index is 11.5. The van der Waals surface area contributed by atoms with Crippen molar-refractivity contribution in [3.8, 4) is 10.4 Å². The molecule has 6 heteroatoms. The average molecular weight is 303 g/mol. The predicted molar refractivity (Wildman–Crippen MR) is 85.7 cm³/mol. The van der Waals surface area contributed by atoms with E-state index in [2.05, 4.69) is 17.4 Å². The highest BCUT2D eigenvalue weighted by Gasteiger charge is 2.18. The molecule has 0 atom stereocenters. The number of nitrogens with two attached hydrogens (primary N) is 2. The zero-order chi connectivity index (χ0) is 15.7. The molecule has 0 unspecified atom stereocenters. The number of rotatable bonds is 3. The van der Waals surface area contributed by atoms with Gasteiger partial charge in [-0.3, -0.25) is 10.1 Å². The number of carbonyl (C=O) groups is 2. The second-order valence-corrected chi connectivity index (χ2v) is 6.03. The smallest absolute Gasteiger partial charge is 0.317 e. The fraction of sp³-hybridized carbons (Fsp3) is 0.200. The molecule has 0 aliphatic heterocycles. The van der Waals surface area contributed by atoms with Gasteiger partial charge in [-0.05, 0) is 43.5 Å². The van der Waals surface area contributed by atoms with E-state index < -0.39 is 11.9 Å². The molecule has 1 aromatic heterocycles. The lowest BCUT2D eigenvalue weighted by Crippen LogP contribution is -2.21. The molecule has 5 N–H and O–H groups in total. The molecule has 2 aromatic rings. The van der Waals surface area contributed by atoms with Crippen LogP contribution < -0.4 is 16.8 Å². The Morgan fingerprint density at radius 3 is 2.10 bits per heavy atom. The Kier molecular flexibility index (Phi) is 3.99. The lowest BCUT2D eigenvalue weighted by atomic mass is 9.98. The number of hydrogen-bond acceptors (Lipinski definition) is 3. The molecule has 0 saturated heterocycles. The number of amides is 3. The highest BCUT2D eigenvalue weighted by Crippen LogP contribution is 2.38. The van der Waals surface area contributed by atoms with Gasteiger partial charge in [-0.15, -0.1) is 11.3 Å². The Morgan fingerprint density at radius 1 is 1.05 bits per heavy atom. The Labute approximate surface area is 127 Å². The van der Waals surface area contributed by atoms with Crippen LogP contribution in [0.25, 0.3) is 10.4 Å². The zero-order valence-corrected chi connectivity index (χ0v) is 12.9. The first kappa shape index (κ1) is 15.1. The summed E-state index contributed by atoms with van der Waals surface area (Å²) in [5.41, 5.74) is 15.2. The third kappa shape index (κ3) is 3.05. The van der Waals surface area contributed by atoms with Gasteiger partial charge in [0.1, 0.15) is 5.00 Å². The third-order valence-electron chi connectivity index (χ3n) is 3.16. The zero-order valence-electron chi connectivity index (χ0n) is 12.1. The normalized spacial score (nSPS) is 10.4. The summed E-state index contributed by atoms with van der Waals surface area (Å²) in [4.78, 5) is 23.4. The van der Waals surface area contributed by atoms with E-state index in [-0.39, 0.29) is 5.56 Å². The number of carbonyl (C=O) groups excluding carboxylic acids is 2. The fourth-order valence-electron chi connectivity index (χ4n) is 2.47. The van der Waals surface area contributed by atoms with Crippen LogP contribution in [0.2, 0.25) is 0 Å². The molecule has 5 nitrogen and oxygen atoms in total. The molecule has 0 radical (unpaired) electrons. The minimum Gasteiger partial charge on any atom is -0.366 e. The summed E-state index contributed by atoms with van der Waals surface area (Å²) in [5.74, 6) is -0.594. The van der Waals surface area contributed by atoms with Crippen molar-refractivity contribution >= 4 is 28.3 Å². The molecular formula is C15H17N3O2S. The maximum Gasteiger partial charge on any atom is 0.317 e. The van der Waals surface area contributed by atoms with Crippen molar-refractivity contribution in [2.24, 2.45) is 11.5 Å². The van der Waals surface area contributed by atoms with Gasteiger partial charge >= 0.3 is 6.03 Å². The largest absolute Gasteiger partial charge is 0.366 e. The SMILES string of the molecule is Cc1cc(C)c(-c2cc(C(N)=O)c(NC(N)=O)s2)c(C)c1. The molecule has 1 heterocycles. The van der Waals surface area contributed by atoms with Crippen molar-refractivity contribution in [3.63, 3.8) is 0 Å². The van der Waals surface area contributed by atoms with Crippen LogP contribution in [0.5, 0.6) is 0 Å². The number of aryl methyl sites for hydroxylation is 3. The number of urea groups is 1. The van der Waals surface area contributed by atoms with Crippen molar-refractivity contribution in [3.05, 3.63) is 40.5 Å². The number of primary amides is 2. The van der Waals surface area contributed by atoms with E-state index in [1.807, 2.05) is 20.8 Å². The van der Waals surface area contributed by atoms with Crippen LogP contribution in [0.3, 0.4) is 0 Å². The van der Waals surface area contributed by atoms with E-state index in [9.17, 15) is 9.59 Å². The molecule has 0 spiro atoms. The number of hydrogen-bond donors (Lipinski definition) is 3. The van der Waals surface area contributed by atoms with Gasteiger partial charge < -0.3 is 11.5 Å². The van der Waals surface area contributed by atoms with Gasteiger partial charge in [0.2, 0.25) is 0 Å². The molecule has 1 aromatic carbocycles. The summed E-state index contributed by atoms with van der Waals surface area (Å²) in [6.07, 6.45) is 0. The molecule has 0 bridgehead atoms. The van der Waals surface area contributed by atoms with Crippen LogP contribution in [-0.2, 0) is 0 Å². The van der Waals surface area contributed by atoms with Crippen LogP contribution >= 0.6 is 11.3 Å². The molecule has 21 heavy (non-hydrogen) atoms. The van der Waals surface area contributed by atoms with Gasteiger partial charge in [0.15, 0.2) is 0 Å². The van der Waals surface area contributed by atoms with Crippen molar-refractivity contribution in [1.29, 1.82) is 0 Å². The molecule has 2 rings (SSSR count). The molecule has 0 aliphatic rings. The van der Waals surface area contributed by atoms with Gasteiger partial charge in [-0.25, -0.2) is 4.79 Å². The highest BCUT2D eigenvalue weighted by molar-refractivity contribution is 7.20.